The van der Waals surface area contributed by atoms with Crippen LogP contribution in [0.3, 0.4) is 0 Å². The number of hydrogen-bond donors (Lipinski definition) is 1. The molecule has 38 heavy (non-hydrogen) atoms. The van der Waals surface area contributed by atoms with Gasteiger partial charge in [-0.2, -0.15) is 0 Å². The zero-order chi connectivity index (χ0) is 26.6. The molecule has 0 saturated carbocycles. The number of para-hydroxylation sites is 2. The Morgan fingerprint density at radius 2 is 1.76 bits per heavy atom. The highest BCUT2D eigenvalue weighted by molar-refractivity contribution is 8.18. The van der Waals surface area contributed by atoms with Crippen molar-refractivity contribution in [3.63, 3.8) is 0 Å². The zero-order valence-electron chi connectivity index (χ0n) is 21.1. The average molecular weight is 526 g/mol. The highest BCUT2D eigenvalue weighted by Crippen LogP contribution is 2.34. The molecule has 7 nitrogen and oxygen atoms in total. The number of aromatic nitrogens is 1. The van der Waals surface area contributed by atoms with Crippen LogP contribution in [0.1, 0.15) is 16.7 Å². The molecule has 0 bridgehead atoms. The molecular weight excluding hydrogens is 498 g/mol. The third-order valence-electron chi connectivity index (χ3n) is 6.29. The number of amides is 3. The monoisotopic (exact) mass is 525 g/mol. The van der Waals surface area contributed by atoms with Crippen LogP contribution in [0.5, 0.6) is 5.75 Å². The maximum absolute atomic E-state index is 13.1. The highest BCUT2D eigenvalue weighted by atomic mass is 32.2. The quantitative estimate of drug-likeness (QED) is 0.285. The van der Waals surface area contributed by atoms with Crippen molar-refractivity contribution in [2.45, 2.75) is 20.4 Å². The SMILES string of the molecule is Cc1ccc(C)c(NC(=O)CN2C(=O)S/C(=C\c3cn(CCOc4ccccc4)c4ccccc34)C2=O)c1. The Hall–Kier alpha value is -4.30. The Bertz CT molecular complexity index is 1560. The van der Waals surface area contributed by atoms with E-state index in [0.717, 1.165) is 50.0 Å². The first-order valence-electron chi connectivity index (χ1n) is 12.3. The number of fused-ring (bicyclic) bond motifs is 1. The summed E-state index contributed by atoms with van der Waals surface area (Å²) in [5.41, 5.74) is 4.41. The lowest BCUT2D eigenvalue weighted by Gasteiger charge is -2.14. The fourth-order valence-corrected chi connectivity index (χ4v) is 5.16. The number of aryl methyl sites for hydroxylation is 2. The minimum Gasteiger partial charge on any atom is -0.492 e. The van der Waals surface area contributed by atoms with Gasteiger partial charge in [-0.3, -0.25) is 19.3 Å². The van der Waals surface area contributed by atoms with Gasteiger partial charge in [0.2, 0.25) is 5.91 Å². The van der Waals surface area contributed by atoms with Gasteiger partial charge in [-0.25, -0.2) is 0 Å². The molecule has 0 spiro atoms. The smallest absolute Gasteiger partial charge is 0.294 e. The van der Waals surface area contributed by atoms with E-state index in [4.69, 9.17) is 4.74 Å². The van der Waals surface area contributed by atoms with Gasteiger partial charge in [-0.05, 0) is 67.1 Å². The molecular formula is C30H27N3O4S. The maximum Gasteiger partial charge on any atom is 0.294 e. The van der Waals surface area contributed by atoms with Gasteiger partial charge in [-0.15, -0.1) is 0 Å². The minimum atomic E-state index is -0.472. The van der Waals surface area contributed by atoms with E-state index in [9.17, 15) is 14.4 Å². The first-order valence-corrected chi connectivity index (χ1v) is 13.1. The number of carbonyl (C=O) groups excluding carboxylic acids is 3. The van der Waals surface area contributed by atoms with E-state index in [1.807, 2.05) is 92.8 Å². The summed E-state index contributed by atoms with van der Waals surface area (Å²) in [6.07, 6.45) is 3.69. The fraction of sp³-hybridized carbons (Fsp3) is 0.167. The lowest BCUT2D eigenvalue weighted by atomic mass is 10.1. The Balaban J connectivity index is 1.31. The topological polar surface area (TPSA) is 80.6 Å². The van der Waals surface area contributed by atoms with E-state index >= 15 is 0 Å². The van der Waals surface area contributed by atoms with Crippen LogP contribution < -0.4 is 10.1 Å². The van der Waals surface area contributed by atoms with Crippen molar-refractivity contribution < 1.29 is 19.1 Å². The second-order valence-electron chi connectivity index (χ2n) is 9.09. The van der Waals surface area contributed by atoms with Crippen molar-refractivity contribution in [3.8, 4) is 5.75 Å². The molecule has 0 unspecified atom stereocenters. The van der Waals surface area contributed by atoms with E-state index in [-0.39, 0.29) is 11.4 Å². The number of rotatable bonds is 8. The molecule has 0 aliphatic carbocycles. The third kappa shape index (κ3) is 5.50. The summed E-state index contributed by atoms with van der Waals surface area (Å²) in [6.45, 7) is 4.58. The molecule has 1 N–H and O–H groups in total. The number of hydrogen-bond acceptors (Lipinski definition) is 5. The van der Waals surface area contributed by atoms with Crippen LogP contribution >= 0.6 is 11.8 Å². The zero-order valence-corrected chi connectivity index (χ0v) is 22.0. The third-order valence-corrected chi connectivity index (χ3v) is 7.20. The lowest BCUT2D eigenvalue weighted by Crippen LogP contribution is -2.36. The van der Waals surface area contributed by atoms with Gasteiger partial charge in [0.1, 0.15) is 18.9 Å². The van der Waals surface area contributed by atoms with Crippen LogP contribution in [-0.4, -0.2) is 39.7 Å². The Kier molecular flexibility index (Phi) is 7.33. The summed E-state index contributed by atoms with van der Waals surface area (Å²) in [7, 11) is 0. The summed E-state index contributed by atoms with van der Waals surface area (Å²) < 4.78 is 7.93. The number of imide groups is 1. The van der Waals surface area contributed by atoms with Gasteiger partial charge >= 0.3 is 0 Å². The van der Waals surface area contributed by atoms with Gasteiger partial charge in [0.25, 0.3) is 11.1 Å². The van der Waals surface area contributed by atoms with Crippen LogP contribution in [0.2, 0.25) is 0 Å². The maximum atomic E-state index is 13.1. The number of nitrogens with one attached hydrogen (secondary N) is 1. The largest absolute Gasteiger partial charge is 0.492 e. The Labute approximate surface area is 225 Å². The molecule has 3 aromatic carbocycles. The second-order valence-corrected chi connectivity index (χ2v) is 10.1. The molecule has 1 aliphatic rings. The van der Waals surface area contributed by atoms with E-state index in [2.05, 4.69) is 9.88 Å². The second kappa shape index (κ2) is 11.0. The van der Waals surface area contributed by atoms with Crippen molar-refractivity contribution in [2.75, 3.05) is 18.5 Å². The molecule has 0 atom stereocenters. The van der Waals surface area contributed by atoms with E-state index in [0.29, 0.717) is 18.8 Å². The van der Waals surface area contributed by atoms with Crippen molar-refractivity contribution in [1.29, 1.82) is 0 Å². The number of ether oxygens (including phenoxy) is 1. The summed E-state index contributed by atoms with van der Waals surface area (Å²) in [6, 6.07) is 23.3. The average Bonchev–Trinajstić information content (AvgIpc) is 3.39. The molecule has 2 heterocycles. The molecule has 8 heteroatoms. The van der Waals surface area contributed by atoms with E-state index in [1.165, 1.54) is 0 Å². The molecule has 3 amide bonds. The van der Waals surface area contributed by atoms with Crippen LogP contribution in [-0.2, 0) is 16.1 Å². The lowest BCUT2D eigenvalue weighted by molar-refractivity contribution is -0.127. The molecule has 1 aromatic heterocycles. The number of anilines is 1. The first-order chi connectivity index (χ1) is 18.4. The number of carbonyl (C=O) groups is 3. The normalized spacial score (nSPS) is 14.5. The number of nitrogens with zero attached hydrogens (tertiary/aromatic N) is 2. The summed E-state index contributed by atoms with van der Waals surface area (Å²) in [5, 5.41) is 3.32. The van der Waals surface area contributed by atoms with Crippen LogP contribution in [0.4, 0.5) is 10.5 Å². The van der Waals surface area contributed by atoms with Gasteiger partial charge in [0.05, 0.1) is 11.4 Å². The van der Waals surface area contributed by atoms with Gasteiger partial charge in [-0.1, -0.05) is 48.5 Å². The van der Waals surface area contributed by atoms with Crippen molar-refractivity contribution in [3.05, 3.63) is 101 Å². The predicted octanol–water partition coefficient (Wildman–Crippen LogP) is 6.01. The fourth-order valence-electron chi connectivity index (χ4n) is 4.34. The van der Waals surface area contributed by atoms with Crippen LogP contribution in [0.15, 0.2) is 83.9 Å². The summed E-state index contributed by atoms with van der Waals surface area (Å²) in [4.78, 5) is 39.7. The number of thioether (sulfide) groups is 1. The van der Waals surface area contributed by atoms with E-state index in [1.54, 1.807) is 6.08 Å². The minimum absolute atomic E-state index is 0.290. The van der Waals surface area contributed by atoms with Crippen molar-refractivity contribution >= 4 is 51.5 Å². The molecule has 1 saturated heterocycles. The molecule has 1 aliphatic heterocycles. The molecule has 5 rings (SSSR count). The van der Waals surface area contributed by atoms with Gasteiger partial charge in [0, 0.05) is 28.4 Å². The molecule has 192 valence electrons. The first kappa shape index (κ1) is 25.4. The number of benzene rings is 3. The Morgan fingerprint density at radius 3 is 2.58 bits per heavy atom. The van der Waals surface area contributed by atoms with E-state index < -0.39 is 17.1 Å². The van der Waals surface area contributed by atoms with Crippen LogP contribution in [0.25, 0.3) is 17.0 Å². The van der Waals surface area contributed by atoms with Gasteiger partial charge in [0.15, 0.2) is 0 Å². The molecule has 0 radical (unpaired) electrons. The predicted molar refractivity (Wildman–Crippen MR) is 151 cm³/mol. The highest BCUT2D eigenvalue weighted by Gasteiger charge is 2.36. The van der Waals surface area contributed by atoms with Crippen LogP contribution in [0, 0.1) is 13.8 Å². The van der Waals surface area contributed by atoms with Crippen molar-refractivity contribution in [2.24, 2.45) is 0 Å². The van der Waals surface area contributed by atoms with Crippen molar-refractivity contribution in [1.82, 2.24) is 9.47 Å². The van der Waals surface area contributed by atoms with Gasteiger partial charge < -0.3 is 14.6 Å². The molecule has 1 fully saturated rings. The standard InChI is InChI=1S/C30H27N3O4S/c1-20-12-13-21(2)25(16-20)31-28(34)19-33-29(35)27(38-30(33)36)17-22-18-32(26-11-7-6-10-24(22)26)14-15-37-23-8-4-3-5-9-23/h3-13,16-18H,14-15,19H2,1-2H3,(H,31,34)/b27-17-. The molecule has 4 aromatic rings. The Morgan fingerprint density at radius 1 is 1.00 bits per heavy atom. The summed E-state index contributed by atoms with van der Waals surface area (Å²) in [5.74, 6) is -0.0860. The summed E-state index contributed by atoms with van der Waals surface area (Å²) >= 11 is 0.848.